The van der Waals surface area contributed by atoms with Crippen molar-refractivity contribution in [3.8, 4) is 11.3 Å². The van der Waals surface area contributed by atoms with Crippen LogP contribution in [0.25, 0.3) is 11.3 Å². The number of rotatable bonds is 4. The van der Waals surface area contributed by atoms with Gasteiger partial charge in [-0.25, -0.2) is 4.98 Å². The average Bonchev–Trinajstić information content (AvgIpc) is 2.69. The van der Waals surface area contributed by atoms with Crippen molar-refractivity contribution >= 4 is 5.82 Å². The second-order valence-corrected chi connectivity index (χ2v) is 6.50. The lowest BCUT2D eigenvalue weighted by Crippen LogP contribution is -2.38. The SMILES string of the molecule is Nc1cccc(-c2cccc(CN3CCOC(c4ccccn4)C3)c2)n1. The van der Waals surface area contributed by atoms with Gasteiger partial charge in [0.2, 0.25) is 0 Å². The molecule has 0 bridgehead atoms. The second-order valence-electron chi connectivity index (χ2n) is 6.50. The van der Waals surface area contributed by atoms with E-state index < -0.39 is 0 Å². The van der Waals surface area contributed by atoms with Gasteiger partial charge in [0.15, 0.2) is 0 Å². The smallest absolute Gasteiger partial charge is 0.124 e. The van der Waals surface area contributed by atoms with Crippen molar-refractivity contribution in [2.45, 2.75) is 12.6 Å². The predicted molar refractivity (Wildman–Crippen MR) is 102 cm³/mol. The summed E-state index contributed by atoms with van der Waals surface area (Å²) in [5, 5.41) is 0. The molecule has 2 aromatic heterocycles. The van der Waals surface area contributed by atoms with Crippen LogP contribution in [0.1, 0.15) is 17.4 Å². The number of nitrogens with zero attached hydrogens (tertiary/aromatic N) is 3. The van der Waals surface area contributed by atoms with Crippen LogP contribution in [0.2, 0.25) is 0 Å². The molecule has 3 heterocycles. The highest BCUT2D eigenvalue weighted by Crippen LogP contribution is 2.23. The maximum absolute atomic E-state index is 5.91. The topological polar surface area (TPSA) is 64.3 Å². The first-order valence-electron chi connectivity index (χ1n) is 8.85. The Balaban J connectivity index is 1.48. The van der Waals surface area contributed by atoms with E-state index in [1.54, 1.807) is 6.07 Å². The van der Waals surface area contributed by atoms with Gasteiger partial charge in [0.05, 0.1) is 18.0 Å². The molecule has 1 aliphatic rings. The van der Waals surface area contributed by atoms with E-state index in [2.05, 4.69) is 39.1 Å². The van der Waals surface area contributed by atoms with Gasteiger partial charge < -0.3 is 10.5 Å². The molecule has 3 aromatic rings. The number of anilines is 1. The first kappa shape index (κ1) is 16.7. The van der Waals surface area contributed by atoms with Gasteiger partial charge in [0.1, 0.15) is 11.9 Å². The van der Waals surface area contributed by atoms with Gasteiger partial charge in [-0.15, -0.1) is 0 Å². The van der Waals surface area contributed by atoms with Gasteiger partial charge in [-0.1, -0.05) is 30.3 Å². The summed E-state index contributed by atoms with van der Waals surface area (Å²) < 4.78 is 5.91. The van der Waals surface area contributed by atoms with Crippen LogP contribution in [-0.4, -0.2) is 34.6 Å². The van der Waals surface area contributed by atoms with Crippen LogP contribution in [0.5, 0.6) is 0 Å². The highest BCUT2D eigenvalue weighted by Gasteiger charge is 2.22. The molecule has 26 heavy (non-hydrogen) atoms. The Bertz CT molecular complexity index is 869. The fraction of sp³-hybridized carbons (Fsp3) is 0.238. The third-order valence-electron chi connectivity index (χ3n) is 4.57. The van der Waals surface area contributed by atoms with Gasteiger partial charge >= 0.3 is 0 Å². The molecule has 1 atom stereocenters. The van der Waals surface area contributed by atoms with Crippen molar-refractivity contribution < 1.29 is 4.74 Å². The zero-order valence-electron chi connectivity index (χ0n) is 14.6. The number of nitrogen functional groups attached to an aromatic ring is 1. The fourth-order valence-electron chi connectivity index (χ4n) is 3.29. The summed E-state index contributed by atoms with van der Waals surface area (Å²) in [4.78, 5) is 11.3. The molecule has 1 aromatic carbocycles. The molecule has 0 aliphatic carbocycles. The third-order valence-corrected chi connectivity index (χ3v) is 4.57. The molecule has 5 heteroatoms. The number of nitrogens with two attached hydrogens (primary N) is 1. The summed E-state index contributed by atoms with van der Waals surface area (Å²) in [6, 6.07) is 20.2. The van der Waals surface area contributed by atoms with Crippen LogP contribution in [0.3, 0.4) is 0 Å². The fourth-order valence-corrected chi connectivity index (χ4v) is 3.29. The first-order valence-corrected chi connectivity index (χ1v) is 8.85. The summed E-state index contributed by atoms with van der Waals surface area (Å²) in [7, 11) is 0. The van der Waals surface area contributed by atoms with Crippen LogP contribution >= 0.6 is 0 Å². The Hall–Kier alpha value is -2.76. The van der Waals surface area contributed by atoms with E-state index in [9.17, 15) is 0 Å². The number of pyridine rings is 2. The van der Waals surface area contributed by atoms with Gasteiger partial charge in [0, 0.05) is 31.4 Å². The molecule has 1 unspecified atom stereocenters. The standard InChI is InChI=1S/C21H22N4O/c22-21-9-4-8-18(24-21)17-6-3-5-16(13-17)14-25-11-12-26-20(15-25)19-7-1-2-10-23-19/h1-10,13,20H,11-12,14-15H2,(H2,22,24). The Labute approximate surface area is 153 Å². The Morgan fingerprint density at radius 3 is 2.85 bits per heavy atom. The minimum Gasteiger partial charge on any atom is -0.384 e. The minimum atomic E-state index is 0.0312. The number of benzene rings is 1. The second kappa shape index (κ2) is 7.64. The van der Waals surface area contributed by atoms with Crippen LogP contribution in [-0.2, 0) is 11.3 Å². The van der Waals surface area contributed by atoms with Gasteiger partial charge in [0.25, 0.3) is 0 Å². The van der Waals surface area contributed by atoms with E-state index in [0.29, 0.717) is 5.82 Å². The van der Waals surface area contributed by atoms with Crippen molar-refractivity contribution in [1.29, 1.82) is 0 Å². The highest BCUT2D eigenvalue weighted by molar-refractivity contribution is 5.61. The summed E-state index contributed by atoms with van der Waals surface area (Å²) >= 11 is 0. The molecule has 0 amide bonds. The molecule has 1 aliphatic heterocycles. The Morgan fingerprint density at radius 2 is 2.00 bits per heavy atom. The molecule has 1 saturated heterocycles. The molecule has 132 valence electrons. The molecular formula is C21H22N4O. The van der Waals surface area contributed by atoms with E-state index >= 15 is 0 Å². The summed E-state index contributed by atoms with van der Waals surface area (Å²) in [6.07, 6.45) is 1.85. The number of hydrogen-bond acceptors (Lipinski definition) is 5. The number of aromatic nitrogens is 2. The van der Waals surface area contributed by atoms with Crippen molar-refractivity contribution in [3.05, 3.63) is 78.1 Å². The normalized spacial score (nSPS) is 17.9. The summed E-state index contributed by atoms with van der Waals surface area (Å²) in [6.45, 7) is 3.36. The monoisotopic (exact) mass is 346 g/mol. The molecule has 0 saturated carbocycles. The lowest BCUT2D eigenvalue weighted by atomic mass is 10.1. The number of hydrogen-bond donors (Lipinski definition) is 1. The van der Waals surface area contributed by atoms with Crippen LogP contribution < -0.4 is 5.73 Å². The molecule has 0 radical (unpaired) electrons. The summed E-state index contributed by atoms with van der Waals surface area (Å²) in [5.74, 6) is 0.541. The molecule has 2 N–H and O–H groups in total. The Kier molecular flexibility index (Phi) is 4.91. The largest absolute Gasteiger partial charge is 0.384 e. The molecule has 0 spiro atoms. The number of ether oxygens (including phenoxy) is 1. The minimum absolute atomic E-state index is 0.0312. The van der Waals surface area contributed by atoms with Crippen LogP contribution in [0, 0.1) is 0 Å². The maximum Gasteiger partial charge on any atom is 0.124 e. The third kappa shape index (κ3) is 3.90. The molecule has 4 rings (SSSR count). The highest BCUT2D eigenvalue weighted by atomic mass is 16.5. The van der Waals surface area contributed by atoms with E-state index in [1.165, 1.54) is 5.56 Å². The predicted octanol–water partition coefficient (Wildman–Crippen LogP) is 3.30. The van der Waals surface area contributed by atoms with E-state index in [1.807, 2.05) is 36.5 Å². The van der Waals surface area contributed by atoms with Crippen molar-refractivity contribution in [1.82, 2.24) is 14.9 Å². The van der Waals surface area contributed by atoms with Crippen LogP contribution in [0.4, 0.5) is 5.82 Å². The van der Waals surface area contributed by atoms with E-state index in [4.69, 9.17) is 10.5 Å². The zero-order valence-corrected chi connectivity index (χ0v) is 14.6. The van der Waals surface area contributed by atoms with E-state index in [0.717, 1.165) is 43.2 Å². The molecule has 5 nitrogen and oxygen atoms in total. The van der Waals surface area contributed by atoms with Crippen molar-refractivity contribution in [2.24, 2.45) is 0 Å². The first-order chi connectivity index (χ1) is 12.8. The zero-order chi connectivity index (χ0) is 17.8. The number of morpholine rings is 1. The lowest BCUT2D eigenvalue weighted by Gasteiger charge is -2.32. The summed E-state index contributed by atoms with van der Waals surface area (Å²) in [5.41, 5.74) is 10.1. The quantitative estimate of drug-likeness (QED) is 0.785. The van der Waals surface area contributed by atoms with Crippen molar-refractivity contribution in [2.75, 3.05) is 25.4 Å². The van der Waals surface area contributed by atoms with Crippen LogP contribution in [0.15, 0.2) is 66.9 Å². The Morgan fingerprint density at radius 1 is 1.08 bits per heavy atom. The van der Waals surface area contributed by atoms with Gasteiger partial charge in [-0.2, -0.15) is 0 Å². The molecule has 1 fully saturated rings. The van der Waals surface area contributed by atoms with Gasteiger partial charge in [-0.05, 0) is 35.9 Å². The maximum atomic E-state index is 5.91. The van der Waals surface area contributed by atoms with Crippen molar-refractivity contribution in [3.63, 3.8) is 0 Å². The van der Waals surface area contributed by atoms with E-state index in [-0.39, 0.29) is 6.10 Å². The molecular weight excluding hydrogens is 324 g/mol. The average molecular weight is 346 g/mol. The van der Waals surface area contributed by atoms with Gasteiger partial charge in [-0.3, -0.25) is 9.88 Å². The lowest BCUT2D eigenvalue weighted by molar-refractivity contribution is -0.0349.